The summed E-state index contributed by atoms with van der Waals surface area (Å²) in [7, 11) is 0. The summed E-state index contributed by atoms with van der Waals surface area (Å²) in [6.07, 6.45) is 6.32. The predicted octanol–water partition coefficient (Wildman–Crippen LogP) is 3.75. The fraction of sp³-hybridized carbons (Fsp3) is 0.647. The molecule has 0 aromatic heterocycles. The third-order valence-electron chi connectivity index (χ3n) is 4.70. The van der Waals surface area contributed by atoms with Crippen molar-refractivity contribution < 1.29 is 19.0 Å². The normalized spacial score (nSPS) is 25.4. The van der Waals surface area contributed by atoms with Gasteiger partial charge in [-0.3, -0.25) is 0 Å². The highest BCUT2D eigenvalue weighted by Crippen LogP contribution is 2.43. The Morgan fingerprint density at radius 1 is 1.38 bits per heavy atom. The van der Waals surface area contributed by atoms with Crippen molar-refractivity contribution in [3.63, 3.8) is 0 Å². The maximum absolute atomic E-state index is 13.4. The molecule has 3 nitrogen and oxygen atoms in total. The zero-order valence-electron chi connectivity index (χ0n) is 12.5. The van der Waals surface area contributed by atoms with E-state index in [-0.39, 0.29) is 17.5 Å². The van der Waals surface area contributed by atoms with Crippen molar-refractivity contribution in [3.05, 3.63) is 29.6 Å². The first kappa shape index (κ1) is 14.8. The molecular weight excluding hydrogens is 271 g/mol. The smallest absolute Gasteiger partial charge is 0.128 e. The van der Waals surface area contributed by atoms with Crippen molar-refractivity contribution in [2.45, 2.75) is 63.3 Å². The number of hydrogen-bond acceptors (Lipinski definition) is 3. The molecule has 4 heteroatoms. The average Bonchev–Trinajstić information content (AvgIpc) is 3.07. The van der Waals surface area contributed by atoms with Crippen molar-refractivity contribution in [2.75, 3.05) is 6.61 Å². The van der Waals surface area contributed by atoms with E-state index in [0.29, 0.717) is 17.9 Å². The highest BCUT2D eigenvalue weighted by molar-refractivity contribution is 5.35. The Labute approximate surface area is 125 Å². The summed E-state index contributed by atoms with van der Waals surface area (Å²) in [5, 5.41) is 9.72. The molecule has 3 rings (SSSR count). The summed E-state index contributed by atoms with van der Waals surface area (Å²) in [6.45, 7) is 2.07. The molecular formula is C17H23FO3. The molecule has 1 aromatic carbocycles. The Balaban J connectivity index is 1.62. The summed E-state index contributed by atoms with van der Waals surface area (Å²) in [6, 6.07) is 4.25. The number of ether oxygens (including phenoxy) is 2. The monoisotopic (exact) mass is 294 g/mol. The van der Waals surface area contributed by atoms with Crippen LogP contribution in [0.15, 0.2) is 18.2 Å². The quantitative estimate of drug-likeness (QED) is 0.919. The summed E-state index contributed by atoms with van der Waals surface area (Å²) in [5.41, 5.74) is 0.702. The van der Waals surface area contributed by atoms with Gasteiger partial charge in [-0.1, -0.05) is 12.8 Å². The SMILES string of the molecule is C[C@H](O)c1ccc(F)cc1OCC1CCC2(CCCC2)O1. The second-order valence-corrected chi connectivity index (χ2v) is 6.34. The van der Waals surface area contributed by atoms with Crippen LogP contribution in [-0.2, 0) is 4.74 Å². The first-order valence-electron chi connectivity index (χ1n) is 7.86. The lowest BCUT2D eigenvalue weighted by Gasteiger charge is -2.24. The molecule has 0 bridgehead atoms. The second kappa shape index (κ2) is 5.93. The average molecular weight is 294 g/mol. The molecule has 116 valence electrons. The molecule has 1 aliphatic carbocycles. The van der Waals surface area contributed by atoms with Crippen LogP contribution in [0.3, 0.4) is 0 Å². The number of benzene rings is 1. The maximum atomic E-state index is 13.4. The molecule has 1 saturated heterocycles. The first-order valence-corrected chi connectivity index (χ1v) is 7.86. The third-order valence-corrected chi connectivity index (χ3v) is 4.70. The van der Waals surface area contributed by atoms with Gasteiger partial charge in [-0.25, -0.2) is 4.39 Å². The molecule has 2 aliphatic rings. The number of rotatable bonds is 4. The van der Waals surface area contributed by atoms with E-state index in [0.717, 1.165) is 25.7 Å². The molecule has 1 heterocycles. The van der Waals surface area contributed by atoms with Crippen molar-refractivity contribution in [1.82, 2.24) is 0 Å². The van der Waals surface area contributed by atoms with Gasteiger partial charge in [-0.15, -0.1) is 0 Å². The zero-order valence-corrected chi connectivity index (χ0v) is 12.5. The summed E-state index contributed by atoms with van der Waals surface area (Å²) in [5.74, 6) is 0.0648. The van der Waals surface area contributed by atoms with Crippen molar-refractivity contribution in [2.24, 2.45) is 0 Å². The van der Waals surface area contributed by atoms with Gasteiger partial charge in [0, 0.05) is 11.6 Å². The molecule has 1 N–H and O–H groups in total. The van der Waals surface area contributed by atoms with E-state index in [4.69, 9.17) is 9.47 Å². The minimum absolute atomic E-state index is 0.0771. The fourth-order valence-corrected chi connectivity index (χ4v) is 3.56. The number of halogens is 1. The van der Waals surface area contributed by atoms with Crippen LogP contribution in [0.1, 0.15) is 57.1 Å². The molecule has 21 heavy (non-hydrogen) atoms. The Morgan fingerprint density at radius 3 is 2.86 bits per heavy atom. The van der Waals surface area contributed by atoms with Crippen LogP contribution in [-0.4, -0.2) is 23.4 Å². The number of aliphatic hydroxyl groups excluding tert-OH is 1. The van der Waals surface area contributed by atoms with E-state index >= 15 is 0 Å². The molecule has 1 aromatic rings. The Bertz CT molecular complexity index is 495. The molecule has 1 saturated carbocycles. The fourth-order valence-electron chi connectivity index (χ4n) is 3.56. The van der Waals surface area contributed by atoms with Crippen LogP contribution in [0.25, 0.3) is 0 Å². The van der Waals surface area contributed by atoms with Crippen LogP contribution in [0.2, 0.25) is 0 Å². The highest BCUT2D eigenvalue weighted by atomic mass is 19.1. The van der Waals surface area contributed by atoms with Crippen LogP contribution in [0, 0.1) is 5.82 Å². The van der Waals surface area contributed by atoms with E-state index < -0.39 is 6.10 Å². The van der Waals surface area contributed by atoms with Gasteiger partial charge in [0.1, 0.15) is 18.2 Å². The Hall–Kier alpha value is -1.13. The molecule has 1 unspecified atom stereocenters. The largest absolute Gasteiger partial charge is 0.490 e. The lowest BCUT2D eigenvalue weighted by molar-refractivity contribution is -0.0511. The van der Waals surface area contributed by atoms with E-state index in [9.17, 15) is 9.50 Å². The zero-order chi connectivity index (χ0) is 14.9. The van der Waals surface area contributed by atoms with Gasteiger partial charge < -0.3 is 14.6 Å². The van der Waals surface area contributed by atoms with Crippen LogP contribution < -0.4 is 4.74 Å². The van der Waals surface area contributed by atoms with Gasteiger partial charge in [0.25, 0.3) is 0 Å². The summed E-state index contributed by atoms with van der Waals surface area (Å²) >= 11 is 0. The Kier molecular flexibility index (Phi) is 4.18. The maximum Gasteiger partial charge on any atom is 0.128 e. The van der Waals surface area contributed by atoms with Gasteiger partial charge in [0.2, 0.25) is 0 Å². The highest BCUT2D eigenvalue weighted by Gasteiger charge is 2.42. The standard InChI is InChI=1S/C17H23FO3/c1-12(19)15-5-4-13(18)10-16(15)20-11-14-6-9-17(21-14)7-2-3-8-17/h4-5,10,12,14,19H,2-3,6-9,11H2,1H3/t12-,14?/m0/s1. The van der Waals surface area contributed by atoms with E-state index in [1.807, 2.05) is 0 Å². The van der Waals surface area contributed by atoms with Crippen LogP contribution in [0.5, 0.6) is 5.75 Å². The minimum atomic E-state index is -0.675. The molecule has 0 amide bonds. The van der Waals surface area contributed by atoms with Gasteiger partial charge in [0.05, 0.1) is 17.8 Å². The summed E-state index contributed by atoms with van der Waals surface area (Å²) in [4.78, 5) is 0. The topological polar surface area (TPSA) is 38.7 Å². The van der Waals surface area contributed by atoms with Gasteiger partial charge in [-0.05, 0) is 44.7 Å². The van der Waals surface area contributed by atoms with Crippen molar-refractivity contribution in [3.8, 4) is 5.75 Å². The molecule has 0 radical (unpaired) electrons. The lowest BCUT2D eigenvalue weighted by Crippen LogP contribution is -2.27. The molecule has 2 atom stereocenters. The molecule has 2 fully saturated rings. The molecule has 1 aliphatic heterocycles. The van der Waals surface area contributed by atoms with Gasteiger partial charge >= 0.3 is 0 Å². The van der Waals surface area contributed by atoms with Crippen LogP contribution >= 0.6 is 0 Å². The minimum Gasteiger partial charge on any atom is -0.490 e. The first-order chi connectivity index (χ1) is 10.1. The number of hydrogen-bond donors (Lipinski definition) is 1. The van der Waals surface area contributed by atoms with Gasteiger partial charge in [0.15, 0.2) is 0 Å². The summed E-state index contributed by atoms with van der Waals surface area (Å²) < 4.78 is 25.3. The van der Waals surface area contributed by atoms with Crippen molar-refractivity contribution >= 4 is 0 Å². The predicted molar refractivity (Wildman–Crippen MR) is 77.8 cm³/mol. The van der Waals surface area contributed by atoms with Crippen molar-refractivity contribution in [1.29, 1.82) is 0 Å². The van der Waals surface area contributed by atoms with Gasteiger partial charge in [-0.2, -0.15) is 0 Å². The second-order valence-electron chi connectivity index (χ2n) is 6.34. The third kappa shape index (κ3) is 3.22. The number of aliphatic hydroxyl groups is 1. The lowest BCUT2D eigenvalue weighted by atomic mass is 9.98. The van der Waals surface area contributed by atoms with E-state index in [1.54, 1.807) is 13.0 Å². The van der Waals surface area contributed by atoms with Crippen LogP contribution in [0.4, 0.5) is 4.39 Å². The van der Waals surface area contributed by atoms with E-state index in [1.165, 1.54) is 25.0 Å². The Morgan fingerprint density at radius 2 is 2.14 bits per heavy atom. The molecule has 1 spiro atoms. The van der Waals surface area contributed by atoms with E-state index in [2.05, 4.69) is 0 Å².